The number of nitrogens with zero attached hydrogens (tertiary/aromatic N) is 1. The Morgan fingerprint density at radius 3 is 2.58 bits per heavy atom. The first-order valence-corrected chi connectivity index (χ1v) is 9.19. The molecule has 1 amide bonds. The van der Waals surface area contributed by atoms with Crippen LogP contribution < -0.4 is 16.0 Å². The largest absolute Gasteiger partial charge is 0.444 e. The molecule has 1 atom stereocenters. The van der Waals surface area contributed by atoms with Crippen LogP contribution in [0, 0.1) is 0 Å². The van der Waals surface area contributed by atoms with E-state index in [4.69, 9.17) is 4.74 Å². The van der Waals surface area contributed by atoms with Crippen molar-refractivity contribution in [1.29, 1.82) is 0 Å². The number of carbonyl (C=O) groups excluding carboxylic acids is 1. The molecule has 3 N–H and O–H groups in total. The summed E-state index contributed by atoms with van der Waals surface area (Å²) in [6, 6.07) is 2.15. The number of aliphatic imine (C=N–C) groups is 1. The van der Waals surface area contributed by atoms with Crippen molar-refractivity contribution >= 4 is 23.4 Å². The van der Waals surface area contributed by atoms with E-state index in [-0.39, 0.29) is 6.09 Å². The minimum atomic E-state index is -0.465. The van der Waals surface area contributed by atoms with Gasteiger partial charge in [-0.1, -0.05) is 6.92 Å². The summed E-state index contributed by atoms with van der Waals surface area (Å²) < 4.78 is 5.18. The zero-order chi connectivity index (χ0) is 18.0. The average Bonchev–Trinajstić information content (AvgIpc) is 3.02. The number of amides is 1. The Morgan fingerprint density at radius 2 is 2.00 bits per heavy atom. The quantitative estimate of drug-likeness (QED) is 0.400. The fourth-order valence-electron chi connectivity index (χ4n) is 1.94. The van der Waals surface area contributed by atoms with Gasteiger partial charge >= 0.3 is 6.09 Å². The maximum absolute atomic E-state index is 11.5. The molecular formula is C17H30N4O2S. The van der Waals surface area contributed by atoms with E-state index in [1.54, 1.807) is 18.4 Å². The Morgan fingerprint density at radius 1 is 1.29 bits per heavy atom. The highest BCUT2D eigenvalue weighted by molar-refractivity contribution is 7.07. The van der Waals surface area contributed by atoms with E-state index in [2.05, 4.69) is 44.7 Å². The summed E-state index contributed by atoms with van der Waals surface area (Å²) in [6.45, 7) is 9.84. The lowest BCUT2D eigenvalue weighted by Gasteiger charge is -2.19. The Labute approximate surface area is 149 Å². The Hall–Kier alpha value is -1.76. The first kappa shape index (κ1) is 20.3. The third-order valence-corrected chi connectivity index (χ3v) is 3.93. The molecule has 1 aromatic rings. The van der Waals surface area contributed by atoms with Gasteiger partial charge in [-0.2, -0.15) is 11.3 Å². The van der Waals surface area contributed by atoms with Crippen LogP contribution in [0.2, 0.25) is 0 Å². The van der Waals surface area contributed by atoms with Crippen LogP contribution in [-0.4, -0.2) is 44.3 Å². The van der Waals surface area contributed by atoms with Gasteiger partial charge in [-0.05, 0) is 55.5 Å². The molecule has 1 heterocycles. The summed E-state index contributed by atoms with van der Waals surface area (Å²) in [7, 11) is 1.75. The summed E-state index contributed by atoms with van der Waals surface area (Å²) in [5.74, 6) is 1.21. The van der Waals surface area contributed by atoms with Gasteiger partial charge in [0.1, 0.15) is 5.60 Å². The number of alkyl carbamates (subject to hydrolysis) is 1. The zero-order valence-electron chi connectivity index (χ0n) is 15.3. The molecule has 0 saturated heterocycles. The van der Waals surface area contributed by atoms with Crippen molar-refractivity contribution in [3.05, 3.63) is 22.4 Å². The van der Waals surface area contributed by atoms with Crippen LogP contribution in [0.1, 0.15) is 45.6 Å². The number of hydrogen-bond donors (Lipinski definition) is 3. The molecule has 7 heteroatoms. The third-order valence-electron chi connectivity index (χ3n) is 3.23. The predicted octanol–water partition coefficient (Wildman–Crippen LogP) is 2.93. The van der Waals surface area contributed by atoms with Gasteiger partial charge in [0.05, 0.1) is 0 Å². The summed E-state index contributed by atoms with van der Waals surface area (Å²) >= 11 is 1.71. The molecule has 0 spiro atoms. The van der Waals surface area contributed by atoms with Crippen LogP contribution in [-0.2, 0) is 4.74 Å². The molecule has 1 aromatic heterocycles. The minimum Gasteiger partial charge on any atom is -0.444 e. The average molecular weight is 355 g/mol. The van der Waals surface area contributed by atoms with Crippen molar-refractivity contribution in [3.8, 4) is 0 Å². The fourth-order valence-corrected chi connectivity index (χ4v) is 2.73. The predicted molar refractivity (Wildman–Crippen MR) is 101 cm³/mol. The van der Waals surface area contributed by atoms with Gasteiger partial charge in [0.2, 0.25) is 0 Å². The van der Waals surface area contributed by atoms with Crippen molar-refractivity contribution in [2.45, 2.75) is 45.6 Å². The molecule has 0 aliphatic heterocycles. The van der Waals surface area contributed by atoms with Gasteiger partial charge in [0, 0.05) is 26.7 Å². The van der Waals surface area contributed by atoms with E-state index < -0.39 is 5.60 Å². The fraction of sp³-hybridized carbons (Fsp3) is 0.647. The molecular weight excluding hydrogens is 324 g/mol. The Kier molecular flexibility index (Phi) is 8.60. The second-order valence-electron chi connectivity index (χ2n) is 6.62. The molecule has 0 aliphatic rings. The van der Waals surface area contributed by atoms with Crippen LogP contribution in [0.15, 0.2) is 21.8 Å². The van der Waals surface area contributed by atoms with E-state index in [9.17, 15) is 4.79 Å². The van der Waals surface area contributed by atoms with Crippen LogP contribution in [0.3, 0.4) is 0 Å². The monoisotopic (exact) mass is 354 g/mol. The van der Waals surface area contributed by atoms with E-state index >= 15 is 0 Å². The molecule has 0 aromatic carbocycles. The highest BCUT2D eigenvalue weighted by Gasteiger charge is 2.15. The number of ether oxygens (including phenoxy) is 1. The van der Waals surface area contributed by atoms with Gasteiger partial charge in [0.25, 0.3) is 0 Å². The van der Waals surface area contributed by atoms with Crippen LogP contribution in [0.5, 0.6) is 0 Å². The lowest BCUT2D eigenvalue weighted by Crippen LogP contribution is -2.40. The van der Waals surface area contributed by atoms with Crippen molar-refractivity contribution in [2.24, 2.45) is 4.99 Å². The number of thiophene rings is 1. The van der Waals surface area contributed by atoms with Gasteiger partial charge in [-0.25, -0.2) is 4.79 Å². The lowest BCUT2D eigenvalue weighted by molar-refractivity contribution is 0.0527. The maximum atomic E-state index is 11.5. The SMILES string of the molecule is CN=C(NCCCNC(=O)OC(C)(C)C)NCC(C)c1ccsc1. The number of nitrogens with one attached hydrogen (secondary N) is 3. The van der Waals surface area contributed by atoms with E-state index in [0.29, 0.717) is 12.5 Å². The van der Waals surface area contributed by atoms with Crippen LogP contribution in [0.25, 0.3) is 0 Å². The van der Waals surface area contributed by atoms with Gasteiger partial charge in [0.15, 0.2) is 5.96 Å². The third kappa shape index (κ3) is 8.76. The van der Waals surface area contributed by atoms with E-state index in [1.165, 1.54) is 5.56 Å². The molecule has 6 nitrogen and oxygen atoms in total. The van der Waals surface area contributed by atoms with Crippen molar-refractivity contribution < 1.29 is 9.53 Å². The number of guanidine groups is 1. The summed E-state index contributed by atoms with van der Waals surface area (Å²) in [5.41, 5.74) is 0.873. The second-order valence-corrected chi connectivity index (χ2v) is 7.40. The standard InChI is InChI=1S/C17H30N4O2S/c1-13(14-7-10-24-12-14)11-21-15(18-5)19-8-6-9-20-16(22)23-17(2,3)4/h7,10,12-13H,6,8-9,11H2,1-5H3,(H,20,22)(H2,18,19,21). The van der Waals surface area contributed by atoms with E-state index in [0.717, 1.165) is 25.5 Å². The molecule has 0 fully saturated rings. The molecule has 24 heavy (non-hydrogen) atoms. The highest BCUT2D eigenvalue weighted by Crippen LogP contribution is 2.16. The number of carbonyl (C=O) groups is 1. The van der Waals surface area contributed by atoms with E-state index in [1.807, 2.05) is 20.8 Å². The summed E-state index contributed by atoms with van der Waals surface area (Å²) in [5, 5.41) is 13.6. The molecule has 1 rings (SSSR count). The topological polar surface area (TPSA) is 74.8 Å². The molecule has 0 aliphatic carbocycles. The minimum absolute atomic E-state index is 0.380. The zero-order valence-corrected chi connectivity index (χ0v) is 16.1. The molecule has 0 saturated carbocycles. The normalized spacial score (nSPS) is 13.3. The Balaban J connectivity index is 2.15. The first-order chi connectivity index (χ1) is 11.3. The molecule has 0 bridgehead atoms. The number of rotatable bonds is 7. The Bertz CT molecular complexity index is 509. The maximum Gasteiger partial charge on any atom is 0.407 e. The second kappa shape index (κ2) is 10.2. The van der Waals surface area contributed by atoms with Crippen molar-refractivity contribution in [2.75, 3.05) is 26.7 Å². The molecule has 1 unspecified atom stereocenters. The van der Waals surface area contributed by atoms with Crippen LogP contribution >= 0.6 is 11.3 Å². The van der Waals surface area contributed by atoms with Crippen LogP contribution in [0.4, 0.5) is 4.79 Å². The smallest absolute Gasteiger partial charge is 0.407 e. The van der Waals surface area contributed by atoms with Gasteiger partial charge in [-0.3, -0.25) is 4.99 Å². The first-order valence-electron chi connectivity index (χ1n) is 8.25. The van der Waals surface area contributed by atoms with Crippen molar-refractivity contribution in [3.63, 3.8) is 0 Å². The van der Waals surface area contributed by atoms with Crippen molar-refractivity contribution in [1.82, 2.24) is 16.0 Å². The lowest BCUT2D eigenvalue weighted by atomic mass is 10.1. The summed E-state index contributed by atoms with van der Waals surface area (Å²) in [6.07, 6.45) is 0.412. The highest BCUT2D eigenvalue weighted by atomic mass is 32.1. The summed E-state index contributed by atoms with van der Waals surface area (Å²) in [4.78, 5) is 15.7. The molecule has 0 radical (unpaired) electrons. The van der Waals surface area contributed by atoms with Gasteiger partial charge < -0.3 is 20.7 Å². The number of hydrogen-bond acceptors (Lipinski definition) is 4. The molecule has 136 valence electrons. The van der Waals surface area contributed by atoms with Gasteiger partial charge in [-0.15, -0.1) is 0 Å².